The second-order valence-electron chi connectivity index (χ2n) is 7.27. The van der Waals surface area contributed by atoms with E-state index in [4.69, 9.17) is 4.74 Å². The molecule has 0 spiro atoms. The van der Waals surface area contributed by atoms with Gasteiger partial charge in [0.2, 0.25) is 5.91 Å². The Morgan fingerprint density at radius 2 is 2.00 bits per heavy atom. The summed E-state index contributed by atoms with van der Waals surface area (Å²) in [4.78, 5) is 23.5. The number of carboxylic acids is 1. The first kappa shape index (κ1) is 19.3. The molecule has 138 valence electrons. The van der Waals surface area contributed by atoms with Gasteiger partial charge in [-0.25, -0.2) is 13.6 Å². The Kier molecular flexibility index (Phi) is 5.77. The second-order valence-corrected chi connectivity index (χ2v) is 7.27. The van der Waals surface area contributed by atoms with Crippen molar-refractivity contribution in [1.29, 1.82) is 0 Å². The molecule has 0 heterocycles. The summed E-state index contributed by atoms with van der Waals surface area (Å²) in [7, 11) is 0. The summed E-state index contributed by atoms with van der Waals surface area (Å²) in [5.41, 5.74) is 0.156. The van der Waals surface area contributed by atoms with E-state index in [0.717, 1.165) is 12.1 Å². The van der Waals surface area contributed by atoms with Gasteiger partial charge in [0.15, 0.2) is 11.6 Å². The fourth-order valence-electron chi connectivity index (χ4n) is 2.62. The molecule has 2 N–H and O–H groups in total. The van der Waals surface area contributed by atoms with Crippen LogP contribution in [-0.4, -0.2) is 35.2 Å². The molecule has 2 rings (SSSR count). The number of carbonyl (C=O) groups excluding carboxylic acids is 1. The molecule has 0 aromatic heterocycles. The van der Waals surface area contributed by atoms with Gasteiger partial charge in [0.1, 0.15) is 6.04 Å². The van der Waals surface area contributed by atoms with Gasteiger partial charge in [-0.05, 0) is 50.8 Å². The van der Waals surface area contributed by atoms with E-state index in [1.54, 1.807) is 0 Å². The van der Waals surface area contributed by atoms with Crippen LogP contribution in [0.1, 0.15) is 45.1 Å². The molecule has 1 aliphatic carbocycles. The van der Waals surface area contributed by atoms with Crippen molar-refractivity contribution in [3.63, 3.8) is 0 Å². The van der Waals surface area contributed by atoms with Gasteiger partial charge in [-0.2, -0.15) is 0 Å². The molecule has 0 bridgehead atoms. The van der Waals surface area contributed by atoms with Crippen molar-refractivity contribution in [3.05, 3.63) is 35.4 Å². The summed E-state index contributed by atoms with van der Waals surface area (Å²) in [6, 6.07) is 2.52. The van der Waals surface area contributed by atoms with E-state index in [1.165, 1.54) is 6.07 Å². The van der Waals surface area contributed by atoms with Crippen molar-refractivity contribution in [2.75, 3.05) is 6.61 Å². The molecule has 0 radical (unpaired) electrons. The molecular weight excluding hydrogens is 332 g/mol. The van der Waals surface area contributed by atoms with Gasteiger partial charge in [-0.3, -0.25) is 4.79 Å². The molecule has 0 aliphatic heterocycles. The minimum atomic E-state index is -1.13. The third kappa shape index (κ3) is 5.49. The lowest BCUT2D eigenvalue weighted by atomic mass is 10.1. The monoisotopic (exact) mass is 355 g/mol. The number of amides is 1. The Morgan fingerprint density at radius 3 is 2.56 bits per heavy atom. The van der Waals surface area contributed by atoms with Crippen LogP contribution in [-0.2, 0) is 14.3 Å². The Hall–Kier alpha value is -2.02. The van der Waals surface area contributed by atoms with Gasteiger partial charge >= 0.3 is 5.97 Å². The van der Waals surface area contributed by atoms with Crippen LogP contribution in [0.15, 0.2) is 18.2 Å². The van der Waals surface area contributed by atoms with Crippen LogP contribution < -0.4 is 5.32 Å². The maximum atomic E-state index is 13.3. The standard InChI is InChI=1S/C18H23F2NO4/c1-18(2,3)25-7-6-15(17(23)24)21-16(22)12-9-11(12)10-4-5-13(19)14(20)8-10/h4-5,8,11-12,15H,6-7,9H2,1-3H3,(H,21,22)(H,23,24). The largest absolute Gasteiger partial charge is 0.480 e. The zero-order valence-electron chi connectivity index (χ0n) is 14.5. The van der Waals surface area contributed by atoms with Crippen LogP contribution in [0.4, 0.5) is 8.78 Å². The molecule has 3 atom stereocenters. The molecule has 1 fully saturated rings. The van der Waals surface area contributed by atoms with E-state index < -0.39 is 35.5 Å². The van der Waals surface area contributed by atoms with Crippen molar-refractivity contribution >= 4 is 11.9 Å². The van der Waals surface area contributed by atoms with Crippen LogP contribution in [0.2, 0.25) is 0 Å². The average molecular weight is 355 g/mol. The van der Waals surface area contributed by atoms with E-state index in [0.29, 0.717) is 12.0 Å². The summed E-state index contributed by atoms with van der Waals surface area (Å²) in [6.45, 7) is 5.78. The van der Waals surface area contributed by atoms with Crippen molar-refractivity contribution in [1.82, 2.24) is 5.32 Å². The highest BCUT2D eigenvalue weighted by Gasteiger charge is 2.45. The summed E-state index contributed by atoms with van der Waals surface area (Å²) in [6.07, 6.45) is 0.642. The minimum absolute atomic E-state index is 0.154. The van der Waals surface area contributed by atoms with Gasteiger partial charge in [0, 0.05) is 18.9 Å². The molecular formula is C18H23F2NO4. The molecule has 1 amide bonds. The normalized spacial score (nSPS) is 20.8. The Labute approximate surface area is 145 Å². The maximum absolute atomic E-state index is 13.3. The molecule has 5 nitrogen and oxygen atoms in total. The smallest absolute Gasteiger partial charge is 0.326 e. The van der Waals surface area contributed by atoms with Crippen molar-refractivity contribution < 1.29 is 28.2 Å². The second kappa shape index (κ2) is 7.47. The van der Waals surface area contributed by atoms with Gasteiger partial charge < -0.3 is 15.2 Å². The lowest BCUT2D eigenvalue weighted by Crippen LogP contribution is -2.42. The molecule has 0 saturated heterocycles. The minimum Gasteiger partial charge on any atom is -0.480 e. The van der Waals surface area contributed by atoms with Crippen LogP contribution in [0.25, 0.3) is 0 Å². The van der Waals surface area contributed by atoms with Crippen LogP contribution in [0, 0.1) is 17.6 Å². The summed E-state index contributed by atoms with van der Waals surface area (Å²) < 4.78 is 31.7. The van der Waals surface area contributed by atoms with Crippen LogP contribution in [0.5, 0.6) is 0 Å². The zero-order valence-corrected chi connectivity index (χ0v) is 14.5. The van der Waals surface area contributed by atoms with Crippen LogP contribution in [0.3, 0.4) is 0 Å². The lowest BCUT2D eigenvalue weighted by Gasteiger charge is -2.21. The number of carboxylic acid groups (broad SMARTS) is 1. The number of rotatable bonds is 7. The number of hydrogen-bond acceptors (Lipinski definition) is 3. The molecule has 1 saturated carbocycles. The van der Waals surface area contributed by atoms with Crippen molar-refractivity contribution in [3.8, 4) is 0 Å². The quantitative estimate of drug-likeness (QED) is 0.789. The fraction of sp³-hybridized carbons (Fsp3) is 0.556. The zero-order chi connectivity index (χ0) is 18.8. The predicted octanol–water partition coefficient (Wildman–Crippen LogP) is 2.84. The first-order valence-corrected chi connectivity index (χ1v) is 8.20. The fourth-order valence-corrected chi connectivity index (χ4v) is 2.62. The third-order valence-electron chi connectivity index (χ3n) is 4.06. The third-order valence-corrected chi connectivity index (χ3v) is 4.06. The van der Waals surface area contributed by atoms with Gasteiger partial charge in [-0.15, -0.1) is 0 Å². The van der Waals surface area contributed by atoms with Gasteiger partial charge in [0.05, 0.1) is 5.60 Å². The maximum Gasteiger partial charge on any atom is 0.326 e. The molecule has 1 aromatic rings. The first-order chi connectivity index (χ1) is 11.6. The molecule has 25 heavy (non-hydrogen) atoms. The number of halogens is 2. The predicted molar refractivity (Wildman–Crippen MR) is 87.1 cm³/mol. The summed E-state index contributed by atoms with van der Waals surface area (Å²) >= 11 is 0. The topological polar surface area (TPSA) is 75.6 Å². The van der Waals surface area contributed by atoms with E-state index >= 15 is 0 Å². The number of carbonyl (C=O) groups is 2. The van der Waals surface area contributed by atoms with Crippen molar-refractivity contribution in [2.45, 2.75) is 51.2 Å². The van der Waals surface area contributed by atoms with E-state index in [1.807, 2.05) is 20.8 Å². The Balaban J connectivity index is 1.89. The molecule has 1 aromatic carbocycles. The number of hydrogen-bond donors (Lipinski definition) is 2. The van der Waals surface area contributed by atoms with Crippen molar-refractivity contribution in [2.24, 2.45) is 5.92 Å². The number of benzene rings is 1. The number of aliphatic carboxylic acids is 1. The summed E-state index contributed by atoms with van der Waals surface area (Å²) in [5.74, 6) is -4.04. The molecule has 1 aliphatic rings. The van der Waals surface area contributed by atoms with Gasteiger partial charge in [-0.1, -0.05) is 6.07 Å². The highest BCUT2D eigenvalue weighted by Crippen LogP contribution is 2.47. The van der Waals surface area contributed by atoms with E-state index in [2.05, 4.69) is 5.32 Å². The highest BCUT2D eigenvalue weighted by atomic mass is 19.2. The first-order valence-electron chi connectivity index (χ1n) is 8.20. The summed E-state index contributed by atoms with van der Waals surface area (Å²) in [5, 5.41) is 11.7. The Bertz CT molecular complexity index is 657. The average Bonchev–Trinajstić information content (AvgIpc) is 3.28. The molecule has 3 unspecified atom stereocenters. The number of nitrogens with one attached hydrogen (secondary N) is 1. The lowest BCUT2D eigenvalue weighted by molar-refractivity contribution is -0.143. The van der Waals surface area contributed by atoms with Crippen LogP contribution >= 0.6 is 0 Å². The highest BCUT2D eigenvalue weighted by molar-refractivity contribution is 5.87. The van der Waals surface area contributed by atoms with E-state index in [9.17, 15) is 23.5 Å². The van der Waals surface area contributed by atoms with E-state index in [-0.39, 0.29) is 24.5 Å². The molecule has 7 heteroatoms. The SMILES string of the molecule is CC(C)(C)OCCC(NC(=O)C1CC1c1ccc(F)c(F)c1)C(=O)O. The van der Waals surface area contributed by atoms with Gasteiger partial charge in [0.25, 0.3) is 0 Å². The number of ether oxygens (including phenoxy) is 1. The Morgan fingerprint density at radius 1 is 1.32 bits per heavy atom.